The van der Waals surface area contributed by atoms with Crippen LogP contribution in [0.2, 0.25) is 0 Å². The van der Waals surface area contributed by atoms with Crippen LogP contribution >= 0.6 is 0 Å². The molecule has 0 radical (unpaired) electrons. The fourth-order valence-electron chi connectivity index (χ4n) is 1.52. The van der Waals surface area contributed by atoms with Gasteiger partial charge in [-0.25, -0.2) is 8.78 Å². The van der Waals surface area contributed by atoms with Gasteiger partial charge in [-0.15, -0.1) is 0 Å². The number of halogens is 2. The van der Waals surface area contributed by atoms with E-state index in [1.807, 2.05) is 30.3 Å². The van der Waals surface area contributed by atoms with E-state index in [-0.39, 0.29) is 6.04 Å². The van der Waals surface area contributed by atoms with Gasteiger partial charge >= 0.3 is 0 Å². The molecule has 0 unspecified atom stereocenters. The van der Waals surface area contributed by atoms with Gasteiger partial charge in [0.05, 0.1) is 12.6 Å². The van der Waals surface area contributed by atoms with Crippen molar-refractivity contribution in [2.45, 2.75) is 18.7 Å². The Hall–Kier alpha value is -1.00. The Bertz CT molecular complexity index is 291. The minimum Gasteiger partial charge on any atom is -0.355 e. The Morgan fingerprint density at radius 3 is 2.57 bits per heavy atom. The van der Waals surface area contributed by atoms with E-state index in [4.69, 9.17) is 4.74 Å². The smallest absolute Gasteiger partial charge is 0.277 e. The highest BCUT2D eigenvalue weighted by atomic mass is 19.3. The molecule has 1 N–H and O–H groups in total. The van der Waals surface area contributed by atoms with Gasteiger partial charge in [-0.05, 0) is 5.56 Å². The maximum atomic E-state index is 12.2. The first-order valence-corrected chi connectivity index (χ1v) is 4.48. The molecule has 1 fully saturated rings. The summed E-state index contributed by atoms with van der Waals surface area (Å²) in [7, 11) is 0. The zero-order chi connectivity index (χ0) is 9.97. The van der Waals surface area contributed by atoms with Crippen LogP contribution in [0.15, 0.2) is 30.3 Å². The quantitative estimate of drug-likeness (QED) is 0.785. The van der Waals surface area contributed by atoms with E-state index >= 15 is 0 Å². The summed E-state index contributed by atoms with van der Waals surface area (Å²) in [6.45, 7) is 0.305. The largest absolute Gasteiger partial charge is 0.355 e. The molecule has 0 saturated carbocycles. The number of ether oxygens (including phenoxy) is 1. The van der Waals surface area contributed by atoms with Crippen LogP contribution in [0.3, 0.4) is 0 Å². The summed E-state index contributed by atoms with van der Waals surface area (Å²) in [5.41, 5.74) is 0.982. The lowest BCUT2D eigenvalue weighted by atomic mass is 10.1. The van der Waals surface area contributed by atoms with Crippen molar-refractivity contribution in [1.82, 2.24) is 5.32 Å². The second-order valence-electron chi connectivity index (χ2n) is 3.22. The molecule has 0 bridgehead atoms. The second-order valence-corrected chi connectivity index (χ2v) is 3.22. The summed E-state index contributed by atoms with van der Waals surface area (Å²) >= 11 is 0. The molecule has 2 atom stereocenters. The molecular formula is C10H11F2NO. The Labute approximate surface area is 80.9 Å². The van der Waals surface area contributed by atoms with Crippen molar-refractivity contribution in [2.24, 2.45) is 0 Å². The van der Waals surface area contributed by atoms with Crippen molar-refractivity contribution in [3.05, 3.63) is 35.9 Å². The lowest BCUT2D eigenvalue weighted by Gasteiger charge is -2.11. The van der Waals surface area contributed by atoms with Gasteiger partial charge in [-0.2, -0.15) is 0 Å². The normalized spacial score (nSPS) is 27.1. The number of hydrogen-bond donors (Lipinski definition) is 1. The first kappa shape index (κ1) is 9.55. The zero-order valence-electron chi connectivity index (χ0n) is 7.49. The lowest BCUT2D eigenvalue weighted by Crippen LogP contribution is -2.31. The number of nitrogens with one attached hydrogen (secondary N) is 1. The van der Waals surface area contributed by atoms with E-state index in [0.717, 1.165) is 5.56 Å². The highest BCUT2D eigenvalue weighted by Gasteiger charge is 2.31. The second kappa shape index (κ2) is 4.02. The fourth-order valence-corrected chi connectivity index (χ4v) is 1.52. The van der Waals surface area contributed by atoms with Crippen LogP contribution < -0.4 is 5.32 Å². The monoisotopic (exact) mass is 199 g/mol. The highest BCUT2D eigenvalue weighted by molar-refractivity contribution is 5.19. The topological polar surface area (TPSA) is 21.3 Å². The molecule has 0 aliphatic carbocycles. The van der Waals surface area contributed by atoms with E-state index in [0.29, 0.717) is 6.61 Å². The van der Waals surface area contributed by atoms with Crippen molar-refractivity contribution in [2.75, 3.05) is 6.61 Å². The fraction of sp³-hybridized carbons (Fsp3) is 0.400. The van der Waals surface area contributed by atoms with Crippen molar-refractivity contribution in [3.8, 4) is 0 Å². The van der Waals surface area contributed by atoms with Crippen molar-refractivity contribution in [3.63, 3.8) is 0 Å². The van der Waals surface area contributed by atoms with E-state index < -0.39 is 12.7 Å². The number of benzene rings is 1. The van der Waals surface area contributed by atoms with E-state index in [9.17, 15) is 8.78 Å². The molecule has 1 aromatic rings. The van der Waals surface area contributed by atoms with E-state index in [2.05, 4.69) is 5.32 Å². The number of rotatable bonds is 2. The van der Waals surface area contributed by atoms with Gasteiger partial charge in [0.1, 0.15) is 0 Å². The molecule has 4 heteroatoms. The molecule has 0 amide bonds. The first-order chi connectivity index (χ1) is 6.77. The third kappa shape index (κ3) is 1.91. The average Bonchev–Trinajstić information content (AvgIpc) is 2.68. The van der Waals surface area contributed by atoms with Crippen LogP contribution in [0.25, 0.3) is 0 Å². The molecule has 1 saturated heterocycles. The highest BCUT2D eigenvalue weighted by Crippen LogP contribution is 2.22. The molecule has 2 nitrogen and oxygen atoms in total. The molecule has 0 spiro atoms. The van der Waals surface area contributed by atoms with Crippen molar-refractivity contribution in [1.29, 1.82) is 0 Å². The predicted molar refractivity (Wildman–Crippen MR) is 48.1 cm³/mol. The van der Waals surface area contributed by atoms with Crippen LogP contribution in [-0.2, 0) is 4.74 Å². The molecule has 1 aliphatic rings. The van der Waals surface area contributed by atoms with Gasteiger partial charge < -0.3 is 4.74 Å². The molecule has 0 aromatic heterocycles. The molecular weight excluding hydrogens is 188 g/mol. The van der Waals surface area contributed by atoms with Gasteiger partial charge in [0.25, 0.3) is 6.43 Å². The maximum Gasteiger partial charge on any atom is 0.277 e. The maximum absolute atomic E-state index is 12.2. The Balaban J connectivity index is 2.03. The predicted octanol–water partition coefficient (Wildman–Crippen LogP) is 1.94. The van der Waals surface area contributed by atoms with E-state index in [1.54, 1.807) is 0 Å². The summed E-state index contributed by atoms with van der Waals surface area (Å²) in [6, 6.07) is 9.34. The number of alkyl halides is 2. The molecule has 1 aliphatic heterocycles. The third-order valence-electron chi connectivity index (χ3n) is 2.24. The number of hydrogen-bond acceptors (Lipinski definition) is 2. The first-order valence-electron chi connectivity index (χ1n) is 4.48. The van der Waals surface area contributed by atoms with Crippen molar-refractivity contribution < 1.29 is 13.5 Å². The zero-order valence-corrected chi connectivity index (χ0v) is 7.49. The Kier molecular flexibility index (Phi) is 2.74. The summed E-state index contributed by atoms with van der Waals surface area (Å²) in [4.78, 5) is 0. The summed E-state index contributed by atoms with van der Waals surface area (Å²) in [5, 5.41) is 2.73. The van der Waals surface area contributed by atoms with Crippen LogP contribution in [0.5, 0.6) is 0 Å². The Morgan fingerprint density at radius 1 is 1.29 bits per heavy atom. The molecule has 14 heavy (non-hydrogen) atoms. The minimum absolute atomic E-state index is 0.116. The van der Waals surface area contributed by atoms with Crippen LogP contribution in [0.1, 0.15) is 11.6 Å². The van der Waals surface area contributed by atoms with E-state index in [1.165, 1.54) is 0 Å². The van der Waals surface area contributed by atoms with Gasteiger partial charge in [-0.1, -0.05) is 30.3 Å². The van der Waals surface area contributed by atoms with Gasteiger partial charge in [-0.3, -0.25) is 5.32 Å². The Morgan fingerprint density at radius 2 is 2.00 bits per heavy atom. The minimum atomic E-state index is -2.47. The molecule has 2 rings (SSSR count). The summed E-state index contributed by atoms with van der Waals surface area (Å²) < 4.78 is 29.4. The molecule has 76 valence electrons. The summed E-state index contributed by atoms with van der Waals surface area (Å²) in [6.07, 6.45) is -3.59. The van der Waals surface area contributed by atoms with Gasteiger partial charge in [0.2, 0.25) is 0 Å². The van der Waals surface area contributed by atoms with Gasteiger partial charge in [0.15, 0.2) is 6.23 Å². The lowest BCUT2D eigenvalue weighted by molar-refractivity contribution is -0.0315. The van der Waals surface area contributed by atoms with Crippen LogP contribution in [0.4, 0.5) is 8.78 Å². The molecule has 1 heterocycles. The SMILES string of the molecule is FC(F)[C@@H]1N[C@H](c2ccccc2)CO1. The standard InChI is InChI=1S/C10H11F2NO/c11-9(12)10-13-8(6-14-10)7-4-2-1-3-5-7/h1-5,8-10,13H,6H2/t8-,10+/m0/s1. The van der Waals surface area contributed by atoms with Gasteiger partial charge in [0, 0.05) is 0 Å². The molecule has 1 aromatic carbocycles. The average molecular weight is 199 g/mol. The third-order valence-corrected chi connectivity index (χ3v) is 2.24. The summed E-state index contributed by atoms with van der Waals surface area (Å²) in [5.74, 6) is 0. The van der Waals surface area contributed by atoms with Crippen LogP contribution in [0, 0.1) is 0 Å². The van der Waals surface area contributed by atoms with Crippen LogP contribution in [-0.4, -0.2) is 19.3 Å². The van der Waals surface area contributed by atoms with Crippen molar-refractivity contribution >= 4 is 0 Å².